The Morgan fingerprint density at radius 2 is 0.964 bits per heavy atom. The average Bonchev–Trinajstić information content (AvgIpc) is 3.92. The molecular formula is C52H34N2O. The van der Waals surface area contributed by atoms with Gasteiger partial charge in [-0.05, 0) is 103 Å². The van der Waals surface area contributed by atoms with Gasteiger partial charge in [-0.15, -0.1) is 0 Å². The molecule has 0 saturated carbocycles. The lowest BCUT2D eigenvalue weighted by atomic mass is 9.70. The second-order valence-electron chi connectivity index (χ2n) is 14.9. The first-order chi connectivity index (χ1) is 27.3. The highest BCUT2D eigenvalue weighted by atomic mass is 16.5. The van der Waals surface area contributed by atoms with Gasteiger partial charge in [0.05, 0.1) is 11.1 Å². The second kappa shape index (κ2) is 11.4. The molecule has 0 fully saturated rings. The van der Waals surface area contributed by atoms with E-state index in [9.17, 15) is 0 Å². The lowest BCUT2D eigenvalue weighted by molar-refractivity contribution is 0.263. The molecule has 9 aromatic rings. The van der Waals surface area contributed by atoms with Crippen LogP contribution >= 0.6 is 0 Å². The number of hydrogen-bond donors (Lipinski definition) is 1. The van der Waals surface area contributed by atoms with Crippen molar-refractivity contribution in [2.45, 2.75) is 11.6 Å². The van der Waals surface area contributed by atoms with Crippen molar-refractivity contribution in [3.8, 4) is 28.0 Å². The SMILES string of the molecule is c1ccc(C2Nc3ccc4ccc5ccc(N(c6ccccc6)c6ccc7c(c6)C6(c8ccccc8-c8ccccc86)c6ccccc6-7)cc5c4c3O2)cc1. The maximum atomic E-state index is 6.75. The van der Waals surface area contributed by atoms with Gasteiger partial charge >= 0.3 is 0 Å². The molecule has 12 rings (SSSR count). The highest BCUT2D eigenvalue weighted by Gasteiger charge is 2.51. The molecule has 0 amide bonds. The molecule has 1 unspecified atom stereocenters. The number of para-hydroxylation sites is 1. The van der Waals surface area contributed by atoms with Crippen LogP contribution in [0.5, 0.6) is 5.75 Å². The van der Waals surface area contributed by atoms with Crippen LogP contribution in [0.25, 0.3) is 43.8 Å². The van der Waals surface area contributed by atoms with E-state index in [2.05, 4.69) is 198 Å². The van der Waals surface area contributed by atoms with Crippen LogP contribution in [-0.2, 0) is 5.41 Å². The summed E-state index contributed by atoms with van der Waals surface area (Å²) in [4.78, 5) is 2.41. The summed E-state index contributed by atoms with van der Waals surface area (Å²) in [5, 5.41) is 8.24. The molecule has 1 aliphatic heterocycles. The van der Waals surface area contributed by atoms with Crippen LogP contribution in [0.2, 0.25) is 0 Å². The summed E-state index contributed by atoms with van der Waals surface area (Å²) < 4.78 is 6.75. The predicted octanol–water partition coefficient (Wildman–Crippen LogP) is 13.3. The van der Waals surface area contributed by atoms with Gasteiger partial charge < -0.3 is 15.0 Å². The molecule has 3 aliphatic rings. The molecule has 0 aromatic heterocycles. The van der Waals surface area contributed by atoms with E-state index < -0.39 is 5.41 Å². The maximum Gasteiger partial charge on any atom is 0.196 e. The van der Waals surface area contributed by atoms with Crippen molar-refractivity contribution in [1.82, 2.24) is 0 Å². The lowest BCUT2D eigenvalue weighted by Crippen LogP contribution is -2.26. The van der Waals surface area contributed by atoms with Crippen molar-refractivity contribution >= 4 is 44.3 Å². The summed E-state index contributed by atoms with van der Waals surface area (Å²) in [7, 11) is 0. The standard InChI is InChI=1S/C52H34N2O/c1-3-13-35(14-4-1)51-53-48-30-26-34-24-23-33-25-27-37(31-43(33)49(34)50(48)55-51)54(36-15-5-2-6-16-36)38-28-29-42-41-19-9-12-22-46(41)52(47(42)32-38)44-20-10-7-17-39(44)40-18-8-11-21-45(40)52/h1-32,51,53H. The average molecular weight is 703 g/mol. The van der Waals surface area contributed by atoms with Crippen molar-refractivity contribution in [2.75, 3.05) is 10.2 Å². The minimum absolute atomic E-state index is 0.241. The van der Waals surface area contributed by atoms with E-state index in [4.69, 9.17) is 4.74 Å². The first kappa shape index (κ1) is 30.4. The number of anilines is 4. The quantitative estimate of drug-likeness (QED) is 0.185. The summed E-state index contributed by atoms with van der Waals surface area (Å²) in [5.41, 5.74) is 15.6. The molecule has 2 aliphatic carbocycles. The Morgan fingerprint density at radius 1 is 0.436 bits per heavy atom. The number of benzene rings is 9. The highest BCUT2D eigenvalue weighted by molar-refractivity contribution is 6.14. The zero-order valence-electron chi connectivity index (χ0n) is 29.9. The van der Waals surface area contributed by atoms with E-state index >= 15 is 0 Å². The summed E-state index contributed by atoms with van der Waals surface area (Å²) in [6, 6.07) is 70.9. The van der Waals surface area contributed by atoms with Crippen LogP contribution in [0.4, 0.5) is 22.7 Å². The first-order valence-electron chi connectivity index (χ1n) is 19.0. The van der Waals surface area contributed by atoms with Crippen molar-refractivity contribution in [2.24, 2.45) is 0 Å². The summed E-state index contributed by atoms with van der Waals surface area (Å²) in [5.74, 6) is 0.899. The number of fused-ring (bicyclic) bond motifs is 15. The van der Waals surface area contributed by atoms with Gasteiger partial charge in [0.25, 0.3) is 0 Å². The molecule has 1 N–H and O–H groups in total. The summed E-state index contributed by atoms with van der Waals surface area (Å²) in [6.45, 7) is 0. The van der Waals surface area contributed by atoms with Gasteiger partial charge in [-0.2, -0.15) is 0 Å². The van der Waals surface area contributed by atoms with Crippen LogP contribution in [0.1, 0.15) is 34.0 Å². The van der Waals surface area contributed by atoms with E-state index in [1.807, 2.05) is 6.07 Å². The molecule has 0 bridgehead atoms. The zero-order valence-corrected chi connectivity index (χ0v) is 29.9. The van der Waals surface area contributed by atoms with Gasteiger partial charge in [0.1, 0.15) is 0 Å². The third-order valence-electron chi connectivity index (χ3n) is 12.1. The van der Waals surface area contributed by atoms with Crippen LogP contribution in [0.15, 0.2) is 194 Å². The van der Waals surface area contributed by atoms with Crippen LogP contribution in [0.3, 0.4) is 0 Å². The van der Waals surface area contributed by atoms with Gasteiger partial charge in [0.2, 0.25) is 0 Å². The first-order valence-corrected chi connectivity index (χ1v) is 19.0. The zero-order chi connectivity index (χ0) is 36.1. The van der Waals surface area contributed by atoms with Crippen molar-refractivity contribution in [3.63, 3.8) is 0 Å². The van der Waals surface area contributed by atoms with Gasteiger partial charge in [-0.1, -0.05) is 152 Å². The number of ether oxygens (including phenoxy) is 1. The fourth-order valence-electron chi connectivity index (χ4n) is 9.79. The fraction of sp³-hybridized carbons (Fsp3) is 0.0385. The molecule has 3 heteroatoms. The molecular weight excluding hydrogens is 669 g/mol. The van der Waals surface area contributed by atoms with Crippen LogP contribution < -0.4 is 15.0 Å². The number of hydrogen-bond acceptors (Lipinski definition) is 3. The van der Waals surface area contributed by atoms with Crippen molar-refractivity contribution in [3.05, 3.63) is 222 Å². The molecule has 1 spiro atoms. The molecule has 1 atom stereocenters. The smallest absolute Gasteiger partial charge is 0.196 e. The Balaban J connectivity index is 1.08. The molecule has 3 nitrogen and oxygen atoms in total. The minimum atomic E-state index is -0.419. The van der Waals surface area contributed by atoms with Gasteiger partial charge in [-0.25, -0.2) is 0 Å². The molecule has 0 saturated heterocycles. The molecule has 1 heterocycles. The normalized spacial score (nSPS) is 15.2. The number of rotatable bonds is 4. The highest BCUT2D eigenvalue weighted by Crippen LogP contribution is 2.63. The summed E-state index contributed by atoms with van der Waals surface area (Å²) in [6.07, 6.45) is -0.241. The Morgan fingerprint density at radius 3 is 1.65 bits per heavy atom. The number of nitrogens with one attached hydrogen (secondary N) is 1. The van der Waals surface area contributed by atoms with Crippen molar-refractivity contribution < 1.29 is 4.74 Å². The van der Waals surface area contributed by atoms with E-state index in [1.54, 1.807) is 0 Å². The summed E-state index contributed by atoms with van der Waals surface area (Å²) >= 11 is 0. The Hall–Kier alpha value is -7.10. The number of nitrogens with zero attached hydrogens (tertiary/aromatic N) is 1. The monoisotopic (exact) mass is 702 g/mol. The van der Waals surface area contributed by atoms with Crippen molar-refractivity contribution in [1.29, 1.82) is 0 Å². The Kier molecular flexibility index (Phi) is 6.32. The molecule has 0 radical (unpaired) electrons. The van der Waals surface area contributed by atoms with E-state index in [-0.39, 0.29) is 6.23 Å². The Bertz CT molecular complexity index is 2940. The van der Waals surface area contributed by atoms with Crippen LogP contribution in [0, 0.1) is 0 Å². The Labute approximate surface area is 319 Å². The van der Waals surface area contributed by atoms with E-state index in [1.165, 1.54) is 49.9 Å². The van der Waals surface area contributed by atoms with Gasteiger partial charge in [0.15, 0.2) is 12.0 Å². The van der Waals surface area contributed by atoms with E-state index in [0.717, 1.165) is 50.2 Å². The molecule has 258 valence electrons. The molecule has 9 aromatic carbocycles. The van der Waals surface area contributed by atoms with Gasteiger partial charge in [0, 0.05) is 28.0 Å². The van der Waals surface area contributed by atoms with Crippen LogP contribution in [-0.4, -0.2) is 0 Å². The second-order valence-corrected chi connectivity index (χ2v) is 14.9. The minimum Gasteiger partial charge on any atom is -0.464 e. The molecule has 55 heavy (non-hydrogen) atoms. The third-order valence-corrected chi connectivity index (χ3v) is 12.1. The lowest BCUT2D eigenvalue weighted by Gasteiger charge is -2.32. The fourth-order valence-corrected chi connectivity index (χ4v) is 9.79. The predicted molar refractivity (Wildman–Crippen MR) is 226 cm³/mol. The third kappa shape index (κ3) is 4.21. The maximum absolute atomic E-state index is 6.75. The largest absolute Gasteiger partial charge is 0.464 e. The topological polar surface area (TPSA) is 24.5 Å². The van der Waals surface area contributed by atoms with E-state index in [0.29, 0.717) is 0 Å². The van der Waals surface area contributed by atoms with Gasteiger partial charge in [-0.3, -0.25) is 0 Å².